The van der Waals surface area contributed by atoms with Crippen molar-refractivity contribution in [3.63, 3.8) is 0 Å². The van der Waals surface area contributed by atoms with Gasteiger partial charge in [-0.05, 0) is 48.6 Å². The normalized spacial score (nSPS) is 13.0. The van der Waals surface area contributed by atoms with Gasteiger partial charge in [0.05, 0.1) is 12.1 Å². The van der Waals surface area contributed by atoms with E-state index in [1.54, 1.807) is 13.2 Å². The fourth-order valence-electron chi connectivity index (χ4n) is 3.32. The van der Waals surface area contributed by atoms with E-state index in [4.69, 9.17) is 25.5 Å². The third-order valence-electron chi connectivity index (χ3n) is 4.55. The summed E-state index contributed by atoms with van der Waals surface area (Å²) in [6, 6.07) is 11.2. The van der Waals surface area contributed by atoms with Crippen LogP contribution in [0.4, 0.5) is 0 Å². The zero-order valence-corrected chi connectivity index (χ0v) is 14.6. The Morgan fingerprint density at radius 2 is 2.00 bits per heavy atom. The summed E-state index contributed by atoms with van der Waals surface area (Å²) in [5.41, 5.74) is 3.09. The molecule has 0 radical (unpaired) electrons. The van der Waals surface area contributed by atoms with Crippen LogP contribution in [0.3, 0.4) is 0 Å². The van der Waals surface area contributed by atoms with Gasteiger partial charge in [0.25, 0.3) is 0 Å². The fourth-order valence-corrected chi connectivity index (χ4v) is 3.53. The first-order chi connectivity index (χ1) is 12.2. The molecule has 0 spiro atoms. The van der Waals surface area contributed by atoms with Crippen LogP contribution in [0.15, 0.2) is 45.6 Å². The molecule has 0 bridgehead atoms. The van der Waals surface area contributed by atoms with Crippen molar-refractivity contribution in [3.8, 4) is 11.5 Å². The molecule has 5 heteroatoms. The standard InChI is InChI=1S/C20H17ClO4/c1-23-13-5-2-4-12(8-13)11-24-19-10-18-16(9-17(19)21)14-6-3-7-15(14)20(22)25-18/h2,4-5,8-10H,3,6-7,11H2,1H3. The molecule has 4 rings (SSSR count). The molecule has 0 atom stereocenters. The summed E-state index contributed by atoms with van der Waals surface area (Å²) in [6.07, 6.45) is 2.64. The Morgan fingerprint density at radius 3 is 2.84 bits per heavy atom. The SMILES string of the molecule is COc1cccc(COc2cc3oc(=O)c4c(c3cc2Cl)CCC4)c1. The van der Waals surface area contributed by atoms with E-state index >= 15 is 0 Å². The first-order valence-electron chi connectivity index (χ1n) is 8.19. The van der Waals surface area contributed by atoms with E-state index in [2.05, 4.69) is 0 Å². The lowest BCUT2D eigenvalue weighted by molar-refractivity contribution is 0.305. The topological polar surface area (TPSA) is 48.7 Å². The Morgan fingerprint density at radius 1 is 1.16 bits per heavy atom. The maximum atomic E-state index is 12.1. The molecule has 0 N–H and O–H groups in total. The van der Waals surface area contributed by atoms with E-state index in [0.29, 0.717) is 23.0 Å². The van der Waals surface area contributed by atoms with E-state index in [1.807, 2.05) is 30.3 Å². The first-order valence-corrected chi connectivity index (χ1v) is 8.57. The van der Waals surface area contributed by atoms with Crippen molar-refractivity contribution in [2.75, 3.05) is 7.11 Å². The molecular weight excluding hydrogens is 340 g/mol. The largest absolute Gasteiger partial charge is 0.497 e. The van der Waals surface area contributed by atoms with Crippen LogP contribution in [0, 0.1) is 0 Å². The second-order valence-electron chi connectivity index (χ2n) is 6.12. The first kappa shape index (κ1) is 16.0. The average molecular weight is 357 g/mol. The van der Waals surface area contributed by atoms with Crippen LogP contribution in [-0.4, -0.2) is 7.11 Å². The smallest absolute Gasteiger partial charge is 0.339 e. The van der Waals surface area contributed by atoms with Crippen LogP contribution < -0.4 is 15.1 Å². The molecule has 0 saturated heterocycles. The molecule has 0 amide bonds. The molecule has 0 unspecified atom stereocenters. The molecule has 1 aliphatic carbocycles. The van der Waals surface area contributed by atoms with Crippen molar-refractivity contribution in [2.45, 2.75) is 25.9 Å². The van der Waals surface area contributed by atoms with Gasteiger partial charge in [0, 0.05) is 17.0 Å². The highest BCUT2D eigenvalue weighted by Crippen LogP contribution is 2.35. The average Bonchev–Trinajstić information content (AvgIpc) is 3.12. The third kappa shape index (κ3) is 2.98. The minimum absolute atomic E-state index is 0.249. The highest BCUT2D eigenvalue weighted by Gasteiger charge is 2.20. The van der Waals surface area contributed by atoms with Crippen LogP contribution in [-0.2, 0) is 19.4 Å². The van der Waals surface area contributed by atoms with Gasteiger partial charge in [-0.2, -0.15) is 0 Å². The number of hydrogen-bond acceptors (Lipinski definition) is 4. The second-order valence-corrected chi connectivity index (χ2v) is 6.53. The van der Waals surface area contributed by atoms with E-state index in [1.165, 1.54) is 0 Å². The van der Waals surface area contributed by atoms with E-state index in [-0.39, 0.29) is 5.63 Å². The van der Waals surface area contributed by atoms with Gasteiger partial charge in [-0.3, -0.25) is 0 Å². The highest BCUT2D eigenvalue weighted by atomic mass is 35.5. The molecular formula is C20H17ClO4. The fraction of sp³-hybridized carbons (Fsp3) is 0.250. The summed E-state index contributed by atoms with van der Waals surface area (Å²) in [5.74, 6) is 1.27. The number of ether oxygens (including phenoxy) is 2. The molecule has 3 aromatic rings. The van der Waals surface area contributed by atoms with Gasteiger partial charge in [0.1, 0.15) is 23.7 Å². The minimum atomic E-state index is -0.249. The van der Waals surface area contributed by atoms with Crippen molar-refractivity contribution in [1.82, 2.24) is 0 Å². The van der Waals surface area contributed by atoms with Gasteiger partial charge in [0.15, 0.2) is 0 Å². The summed E-state index contributed by atoms with van der Waals surface area (Å²) in [7, 11) is 1.63. The number of hydrogen-bond donors (Lipinski definition) is 0. The van der Waals surface area contributed by atoms with Gasteiger partial charge in [-0.1, -0.05) is 23.7 Å². The molecule has 0 fully saturated rings. The minimum Gasteiger partial charge on any atom is -0.497 e. The molecule has 4 nitrogen and oxygen atoms in total. The van der Waals surface area contributed by atoms with Crippen molar-refractivity contribution < 1.29 is 13.9 Å². The number of benzene rings is 2. The second kappa shape index (κ2) is 6.45. The van der Waals surface area contributed by atoms with Gasteiger partial charge >= 0.3 is 5.63 Å². The van der Waals surface area contributed by atoms with Crippen molar-refractivity contribution >= 4 is 22.6 Å². The summed E-state index contributed by atoms with van der Waals surface area (Å²) in [4.78, 5) is 12.1. The Kier molecular flexibility index (Phi) is 4.14. The number of halogens is 1. The molecule has 0 saturated carbocycles. The lowest BCUT2D eigenvalue weighted by atomic mass is 10.1. The van der Waals surface area contributed by atoms with E-state index < -0.39 is 0 Å². The van der Waals surface area contributed by atoms with Gasteiger partial charge in [-0.15, -0.1) is 0 Å². The predicted molar refractivity (Wildman–Crippen MR) is 96.8 cm³/mol. The zero-order valence-electron chi connectivity index (χ0n) is 13.8. The van der Waals surface area contributed by atoms with Crippen LogP contribution in [0.1, 0.15) is 23.1 Å². The summed E-state index contributed by atoms with van der Waals surface area (Å²) < 4.78 is 16.5. The molecule has 128 valence electrons. The number of fused-ring (bicyclic) bond motifs is 3. The number of methoxy groups -OCH3 is 1. The molecule has 1 heterocycles. The maximum absolute atomic E-state index is 12.1. The summed E-state index contributed by atoms with van der Waals surface area (Å²) in [6.45, 7) is 0.345. The van der Waals surface area contributed by atoms with Gasteiger partial charge < -0.3 is 13.9 Å². The summed E-state index contributed by atoms with van der Waals surface area (Å²) in [5, 5.41) is 1.42. The third-order valence-corrected chi connectivity index (χ3v) is 4.85. The van der Waals surface area contributed by atoms with Crippen molar-refractivity contribution in [2.24, 2.45) is 0 Å². The predicted octanol–water partition coefficient (Wildman–Crippen LogP) is 4.52. The van der Waals surface area contributed by atoms with Crippen LogP contribution in [0.5, 0.6) is 11.5 Å². The Balaban J connectivity index is 1.67. The molecule has 25 heavy (non-hydrogen) atoms. The lowest BCUT2D eigenvalue weighted by Gasteiger charge is -2.11. The molecule has 1 aromatic heterocycles. The Labute approximate surface area is 149 Å². The van der Waals surface area contributed by atoms with E-state index in [9.17, 15) is 4.79 Å². The highest BCUT2D eigenvalue weighted by molar-refractivity contribution is 6.32. The number of aryl methyl sites for hydroxylation is 1. The van der Waals surface area contributed by atoms with Crippen molar-refractivity contribution in [3.05, 3.63) is 68.5 Å². The summed E-state index contributed by atoms with van der Waals surface area (Å²) >= 11 is 6.40. The van der Waals surface area contributed by atoms with Crippen molar-refractivity contribution in [1.29, 1.82) is 0 Å². The maximum Gasteiger partial charge on any atom is 0.339 e. The monoisotopic (exact) mass is 356 g/mol. The van der Waals surface area contributed by atoms with Crippen LogP contribution >= 0.6 is 11.6 Å². The van der Waals surface area contributed by atoms with Gasteiger partial charge in [-0.25, -0.2) is 4.79 Å². The Hall–Kier alpha value is -2.46. The molecule has 2 aromatic carbocycles. The van der Waals surface area contributed by atoms with Crippen LogP contribution in [0.25, 0.3) is 11.0 Å². The van der Waals surface area contributed by atoms with Crippen LogP contribution in [0.2, 0.25) is 5.02 Å². The molecule has 1 aliphatic rings. The number of rotatable bonds is 4. The quantitative estimate of drug-likeness (QED) is 0.645. The van der Waals surface area contributed by atoms with E-state index in [0.717, 1.165) is 47.1 Å². The Bertz CT molecular complexity index is 1010. The molecule has 0 aliphatic heterocycles. The van der Waals surface area contributed by atoms with Gasteiger partial charge in [0.2, 0.25) is 0 Å². The lowest BCUT2D eigenvalue weighted by Crippen LogP contribution is -2.07. The zero-order chi connectivity index (χ0) is 17.4.